The minimum Gasteiger partial charge on any atom is -0.434 e. The Morgan fingerprint density at radius 3 is 2.50 bits per heavy atom. The fraction of sp³-hybridized carbons (Fsp3) is 0.318. The minimum atomic E-state index is -2.91. The molecule has 0 aromatic heterocycles. The van der Waals surface area contributed by atoms with E-state index in [4.69, 9.17) is 0 Å². The molecule has 6 heteroatoms. The van der Waals surface area contributed by atoms with E-state index in [1.165, 1.54) is 36.6 Å². The molecule has 0 atom stereocenters. The van der Waals surface area contributed by atoms with Gasteiger partial charge in [0.1, 0.15) is 5.75 Å². The van der Waals surface area contributed by atoms with Crippen molar-refractivity contribution < 1.29 is 18.3 Å². The Morgan fingerprint density at radius 2 is 1.75 bits per heavy atom. The standard InChI is InChI=1S/C22H24F2N2O2/c23-22(24)28-20-10-4-3-7-17(20)11-12-21(27)25-15-18-8-1-2-9-19(18)16-26-13-5-6-14-26/h1-4,7-12,22H,5-6,13-16H2,(H,25,27)/b12-11+. The lowest BCUT2D eigenvalue weighted by atomic mass is 10.1. The predicted octanol–water partition coefficient (Wildman–Crippen LogP) is 4.21. The lowest BCUT2D eigenvalue weighted by Crippen LogP contribution is -2.23. The van der Waals surface area contributed by atoms with Gasteiger partial charge in [0.05, 0.1) is 0 Å². The fourth-order valence-electron chi connectivity index (χ4n) is 3.29. The highest BCUT2D eigenvalue weighted by molar-refractivity contribution is 5.92. The third kappa shape index (κ3) is 5.89. The van der Waals surface area contributed by atoms with Crippen LogP contribution >= 0.6 is 0 Å². The van der Waals surface area contributed by atoms with E-state index in [2.05, 4.69) is 21.0 Å². The van der Waals surface area contributed by atoms with Crippen molar-refractivity contribution in [1.82, 2.24) is 10.2 Å². The van der Waals surface area contributed by atoms with Crippen molar-refractivity contribution in [2.24, 2.45) is 0 Å². The number of hydrogen-bond donors (Lipinski definition) is 1. The van der Waals surface area contributed by atoms with E-state index in [9.17, 15) is 13.6 Å². The zero-order chi connectivity index (χ0) is 19.8. The highest BCUT2D eigenvalue weighted by Crippen LogP contribution is 2.21. The van der Waals surface area contributed by atoms with E-state index in [1.54, 1.807) is 18.2 Å². The van der Waals surface area contributed by atoms with Gasteiger partial charge >= 0.3 is 6.61 Å². The minimum absolute atomic E-state index is 0.0394. The lowest BCUT2D eigenvalue weighted by molar-refractivity contribution is -0.116. The van der Waals surface area contributed by atoms with Crippen molar-refractivity contribution in [3.8, 4) is 5.75 Å². The molecule has 0 radical (unpaired) electrons. The molecule has 1 N–H and O–H groups in total. The Kier molecular flexibility index (Phi) is 7.14. The average molecular weight is 386 g/mol. The molecule has 1 fully saturated rings. The third-order valence-electron chi connectivity index (χ3n) is 4.71. The molecule has 1 saturated heterocycles. The number of amides is 1. The Bertz CT molecular complexity index is 818. The first-order valence-corrected chi connectivity index (χ1v) is 9.41. The monoisotopic (exact) mass is 386 g/mol. The summed E-state index contributed by atoms with van der Waals surface area (Å²) in [5.74, 6) is -0.250. The third-order valence-corrected chi connectivity index (χ3v) is 4.71. The van der Waals surface area contributed by atoms with Crippen molar-refractivity contribution in [2.45, 2.75) is 32.5 Å². The fourth-order valence-corrected chi connectivity index (χ4v) is 3.29. The van der Waals surface area contributed by atoms with Gasteiger partial charge in [-0.3, -0.25) is 9.69 Å². The Labute approximate surface area is 163 Å². The van der Waals surface area contributed by atoms with Crippen LogP contribution in [0, 0.1) is 0 Å². The van der Waals surface area contributed by atoms with E-state index in [-0.39, 0.29) is 11.7 Å². The molecule has 1 heterocycles. The van der Waals surface area contributed by atoms with Gasteiger partial charge in [0.2, 0.25) is 5.91 Å². The van der Waals surface area contributed by atoms with Gasteiger partial charge in [-0.2, -0.15) is 8.78 Å². The quantitative estimate of drug-likeness (QED) is 0.691. The van der Waals surface area contributed by atoms with Crippen LogP contribution in [0.4, 0.5) is 8.78 Å². The maximum Gasteiger partial charge on any atom is 0.387 e. The second-order valence-electron chi connectivity index (χ2n) is 6.72. The number of likely N-dealkylation sites (tertiary alicyclic amines) is 1. The molecular formula is C22H24F2N2O2. The van der Waals surface area contributed by atoms with Gasteiger partial charge in [-0.1, -0.05) is 42.5 Å². The molecule has 3 rings (SSSR count). The van der Waals surface area contributed by atoms with Crippen LogP contribution in [-0.2, 0) is 17.9 Å². The summed E-state index contributed by atoms with van der Waals surface area (Å²) in [7, 11) is 0. The summed E-state index contributed by atoms with van der Waals surface area (Å²) < 4.78 is 29.4. The first kappa shape index (κ1) is 20.0. The van der Waals surface area contributed by atoms with Crippen LogP contribution in [0.3, 0.4) is 0 Å². The lowest BCUT2D eigenvalue weighted by Gasteiger charge is -2.17. The Morgan fingerprint density at radius 1 is 1.07 bits per heavy atom. The van der Waals surface area contributed by atoms with Crippen LogP contribution in [-0.4, -0.2) is 30.5 Å². The molecule has 1 aliphatic rings. The maximum absolute atomic E-state index is 12.5. The van der Waals surface area contributed by atoms with E-state index in [1.807, 2.05) is 18.2 Å². The second-order valence-corrected chi connectivity index (χ2v) is 6.72. The van der Waals surface area contributed by atoms with Crippen LogP contribution < -0.4 is 10.1 Å². The molecule has 0 spiro atoms. The predicted molar refractivity (Wildman–Crippen MR) is 105 cm³/mol. The van der Waals surface area contributed by atoms with Crippen LogP contribution in [0.1, 0.15) is 29.5 Å². The molecule has 0 bridgehead atoms. The van der Waals surface area contributed by atoms with Gasteiger partial charge in [0.15, 0.2) is 0 Å². The number of hydrogen-bond acceptors (Lipinski definition) is 3. The topological polar surface area (TPSA) is 41.6 Å². The number of halogens is 2. The van der Waals surface area contributed by atoms with Crippen molar-refractivity contribution in [3.05, 3.63) is 71.3 Å². The van der Waals surface area contributed by atoms with E-state index in [0.717, 1.165) is 25.2 Å². The smallest absolute Gasteiger partial charge is 0.387 e. The zero-order valence-electron chi connectivity index (χ0n) is 15.6. The van der Waals surface area contributed by atoms with Crippen molar-refractivity contribution in [2.75, 3.05) is 13.1 Å². The molecule has 1 aliphatic heterocycles. The molecule has 4 nitrogen and oxygen atoms in total. The number of carbonyl (C=O) groups is 1. The first-order valence-electron chi connectivity index (χ1n) is 9.41. The highest BCUT2D eigenvalue weighted by atomic mass is 19.3. The van der Waals surface area contributed by atoms with Gasteiger partial charge in [-0.05, 0) is 49.2 Å². The van der Waals surface area contributed by atoms with Crippen LogP contribution in [0.5, 0.6) is 5.75 Å². The molecule has 0 aliphatic carbocycles. The summed E-state index contributed by atoms with van der Waals surface area (Å²) in [5, 5.41) is 2.86. The number of benzene rings is 2. The number of para-hydroxylation sites is 1. The SMILES string of the molecule is O=C(/C=C/c1ccccc1OC(F)F)NCc1ccccc1CN1CCCC1. The Balaban J connectivity index is 1.58. The Hall–Kier alpha value is -2.73. The number of rotatable bonds is 8. The second kappa shape index (κ2) is 9.99. The maximum atomic E-state index is 12.5. The molecule has 0 unspecified atom stereocenters. The van der Waals surface area contributed by atoms with Crippen LogP contribution in [0.25, 0.3) is 6.08 Å². The number of carbonyl (C=O) groups excluding carboxylic acids is 1. The summed E-state index contributed by atoms with van der Waals surface area (Å²) in [5.41, 5.74) is 2.72. The summed E-state index contributed by atoms with van der Waals surface area (Å²) in [6.07, 6.45) is 5.28. The highest BCUT2D eigenvalue weighted by Gasteiger charge is 2.13. The van der Waals surface area contributed by atoms with Crippen molar-refractivity contribution in [1.29, 1.82) is 0 Å². The van der Waals surface area contributed by atoms with E-state index >= 15 is 0 Å². The summed E-state index contributed by atoms with van der Waals surface area (Å²) >= 11 is 0. The van der Waals surface area contributed by atoms with Gasteiger partial charge in [0, 0.05) is 24.7 Å². The van der Waals surface area contributed by atoms with Crippen LogP contribution in [0.2, 0.25) is 0 Å². The van der Waals surface area contributed by atoms with E-state index in [0.29, 0.717) is 12.1 Å². The average Bonchev–Trinajstić information content (AvgIpc) is 3.19. The number of nitrogens with one attached hydrogen (secondary N) is 1. The molecule has 2 aromatic carbocycles. The molecular weight excluding hydrogens is 362 g/mol. The van der Waals surface area contributed by atoms with Gasteiger partial charge in [-0.15, -0.1) is 0 Å². The largest absolute Gasteiger partial charge is 0.434 e. The normalized spacial score (nSPS) is 14.7. The molecule has 0 saturated carbocycles. The number of alkyl halides is 2. The molecule has 28 heavy (non-hydrogen) atoms. The number of nitrogens with zero attached hydrogens (tertiary/aromatic N) is 1. The zero-order valence-corrected chi connectivity index (χ0v) is 15.6. The molecule has 1 amide bonds. The van der Waals surface area contributed by atoms with Crippen LogP contribution in [0.15, 0.2) is 54.6 Å². The van der Waals surface area contributed by atoms with Crippen molar-refractivity contribution in [3.63, 3.8) is 0 Å². The molecule has 2 aromatic rings. The summed E-state index contributed by atoms with van der Waals surface area (Å²) in [6, 6.07) is 14.4. The van der Waals surface area contributed by atoms with E-state index < -0.39 is 6.61 Å². The summed E-state index contributed by atoms with van der Waals surface area (Å²) in [6.45, 7) is 0.630. The first-order chi connectivity index (χ1) is 13.6. The van der Waals surface area contributed by atoms with Gasteiger partial charge < -0.3 is 10.1 Å². The van der Waals surface area contributed by atoms with Gasteiger partial charge in [0.25, 0.3) is 0 Å². The number of ether oxygens (including phenoxy) is 1. The summed E-state index contributed by atoms with van der Waals surface area (Å²) in [4.78, 5) is 14.6. The van der Waals surface area contributed by atoms with Crippen molar-refractivity contribution >= 4 is 12.0 Å². The van der Waals surface area contributed by atoms with Gasteiger partial charge in [-0.25, -0.2) is 0 Å². The molecule has 148 valence electrons.